The highest BCUT2D eigenvalue weighted by atomic mass is 16.5. The molecular weight excluding hydrogens is 188 g/mol. The average molecular weight is 208 g/mol. The SMILES string of the molecule is CCOC(=O)/C(C)=C/C=C1CCCCC1. The molecule has 2 nitrogen and oxygen atoms in total. The van der Waals surface area contributed by atoms with Gasteiger partial charge in [0.2, 0.25) is 0 Å². The van der Waals surface area contributed by atoms with E-state index in [4.69, 9.17) is 4.74 Å². The van der Waals surface area contributed by atoms with Gasteiger partial charge in [0.25, 0.3) is 0 Å². The highest BCUT2D eigenvalue weighted by Crippen LogP contribution is 2.22. The second-order valence-electron chi connectivity index (χ2n) is 3.96. The van der Waals surface area contributed by atoms with Crippen molar-refractivity contribution < 1.29 is 9.53 Å². The van der Waals surface area contributed by atoms with E-state index in [2.05, 4.69) is 6.08 Å². The normalized spacial score (nSPS) is 17.5. The second-order valence-corrected chi connectivity index (χ2v) is 3.96. The van der Waals surface area contributed by atoms with E-state index >= 15 is 0 Å². The van der Waals surface area contributed by atoms with Crippen LogP contribution in [0.15, 0.2) is 23.3 Å². The van der Waals surface area contributed by atoms with E-state index in [1.807, 2.05) is 13.0 Å². The van der Waals surface area contributed by atoms with Crippen molar-refractivity contribution in [3.8, 4) is 0 Å². The summed E-state index contributed by atoms with van der Waals surface area (Å²) in [6.07, 6.45) is 10.3. The summed E-state index contributed by atoms with van der Waals surface area (Å²) in [7, 11) is 0. The van der Waals surface area contributed by atoms with Crippen molar-refractivity contribution in [2.45, 2.75) is 46.0 Å². The van der Waals surface area contributed by atoms with Crippen molar-refractivity contribution in [2.24, 2.45) is 0 Å². The highest BCUT2D eigenvalue weighted by molar-refractivity contribution is 5.88. The van der Waals surface area contributed by atoms with Gasteiger partial charge in [-0.15, -0.1) is 0 Å². The number of carbonyl (C=O) groups excluding carboxylic acids is 1. The minimum atomic E-state index is -0.204. The highest BCUT2D eigenvalue weighted by Gasteiger charge is 2.05. The number of rotatable bonds is 3. The molecule has 1 fully saturated rings. The number of allylic oxidation sites excluding steroid dienone is 3. The zero-order chi connectivity index (χ0) is 11.1. The lowest BCUT2D eigenvalue weighted by molar-refractivity contribution is -0.138. The summed E-state index contributed by atoms with van der Waals surface area (Å²) in [4.78, 5) is 11.3. The van der Waals surface area contributed by atoms with E-state index in [0.29, 0.717) is 12.2 Å². The molecule has 84 valence electrons. The number of carbonyl (C=O) groups is 1. The molecule has 0 saturated heterocycles. The first kappa shape index (κ1) is 12.0. The number of ether oxygens (including phenoxy) is 1. The Hall–Kier alpha value is -1.05. The molecule has 0 unspecified atom stereocenters. The lowest BCUT2D eigenvalue weighted by Crippen LogP contribution is -2.04. The number of hydrogen-bond donors (Lipinski definition) is 0. The first-order valence-electron chi connectivity index (χ1n) is 5.77. The van der Waals surface area contributed by atoms with Gasteiger partial charge < -0.3 is 4.74 Å². The fourth-order valence-electron chi connectivity index (χ4n) is 1.73. The van der Waals surface area contributed by atoms with Gasteiger partial charge in [0.15, 0.2) is 0 Å². The van der Waals surface area contributed by atoms with Crippen LogP contribution in [-0.2, 0) is 9.53 Å². The minimum Gasteiger partial charge on any atom is -0.463 e. The monoisotopic (exact) mass is 208 g/mol. The van der Waals surface area contributed by atoms with E-state index < -0.39 is 0 Å². The molecule has 0 aromatic rings. The Balaban J connectivity index is 2.50. The van der Waals surface area contributed by atoms with Crippen LogP contribution in [0.25, 0.3) is 0 Å². The molecule has 0 spiro atoms. The van der Waals surface area contributed by atoms with Crippen LogP contribution < -0.4 is 0 Å². The maximum atomic E-state index is 11.3. The number of esters is 1. The second kappa shape index (κ2) is 6.44. The molecule has 2 heteroatoms. The average Bonchev–Trinajstić information content (AvgIpc) is 2.27. The lowest BCUT2D eigenvalue weighted by Gasteiger charge is -2.12. The van der Waals surface area contributed by atoms with Gasteiger partial charge >= 0.3 is 5.97 Å². The van der Waals surface area contributed by atoms with E-state index in [9.17, 15) is 4.79 Å². The van der Waals surface area contributed by atoms with Crippen LogP contribution in [0.3, 0.4) is 0 Å². The molecule has 1 aliphatic rings. The van der Waals surface area contributed by atoms with Crippen LogP contribution in [0, 0.1) is 0 Å². The van der Waals surface area contributed by atoms with Crippen LogP contribution in [0.5, 0.6) is 0 Å². The third-order valence-electron chi connectivity index (χ3n) is 2.66. The maximum Gasteiger partial charge on any atom is 0.333 e. The van der Waals surface area contributed by atoms with Crippen molar-refractivity contribution in [3.05, 3.63) is 23.3 Å². The van der Waals surface area contributed by atoms with E-state index in [1.54, 1.807) is 6.92 Å². The van der Waals surface area contributed by atoms with Gasteiger partial charge in [0, 0.05) is 5.57 Å². The summed E-state index contributed by atoms with van der Waals surface area (Å²) in [5.41, 5.74) is 2.15. The molecule has 0 aromatic carbocycles. The predicted molar refractivity (Wildman–Crippen MR) is 61.6 cm³/mol. The predicted octanol–water partition coefficient (Wildman–Crippen LogP) is 3.39. The topological polar surface area (TPSA) is 26.3 Å². The fraction of sp³-hybridized carbons (Fsp3) is 0.615. The standard InChI is InChI=1S/C13H20O2/c1-3-15-13(14)11(2)9-10-12-7-5-4-6-8-12/h9-10H,3-8H2,1-2H3/b11-9+. The lowest BCUT2D eigenvalue weighted by atomic mass is 9.94. The van der Waals surface area contributed by atoms with Gasteiger partial charge in [-0.05, 0) is 39.5 Å². The summed E-state index contributed by atoms with van der Waals surface area (Å²) in [6, 6.07) is 0. The summed E-state index contributed by atoms with van der Waals surface area (Å²) in [5.74, 6) is -0.204. The van der Waals surface area contributed by atoms with Gasteiger partial charge in [-0.2, -0.15) is 0 Å². The zero-order valence-electron chi connectivity index (χ0n) is 9.71. The Bertz CT molecular complexity index is 266. The molecule has 1 rings (SSSR count). The molecular formula is C13H20O2. The van der Waals surface area contributed by atoms with Crippen molar-refractivity contribution in [2.75, 3.05) is 6.61 Å². The minimum absolute atomic E-state index is 0.204. The molecule has 15 heavy (non-hydrogen) atoms. The number of hydrogen-bond acceptors (Lipinski definition) is 2. The zero-order valence-corrected chi connectivity index (χ0v) is 9.71. The Morgan fingerprint density at radius 3 is 2.60 bits per heavy atom. The van der Waals surface area contributed by atoms with E-state index in [-0.39, 0.29) is 5.97 Å². The Labute approximate surface area is 92.0 Å². The third kappa shape index (κ3) is 4.32. The molecule has 0 aliphatic heterocycles. The summed E-state index contributed by atoms with van der Waals surface area (Å²) in [5, 5.41) is 0. The molecule has 0 aromatic heterocycles. The van der Waals surface area contributed by atoms with Crippen LogP contribution in [0.4, 0.5) is 0 Å². The van der Waals surface area contributed by atoms with Gasteiger partial charge in [-0.3, -0.25) is 0 Å². The van der Waals surface area contributed by atoms with Crippen LogP contribution in [0.1, 0.15) is 46.0 Å². The first-order valence-corrected chi connectivity index (χ1v) is 5.77. The molecule has 0 radical (unpaired) electrons. The molecule has 0 amide bonds. The van der Waals surface area contributed by atoms with Gasteiger partial charge in [0.05, 0.1) is 6.61 Å². The first-order chi connectivity index (χ1) is 7.24. The van der Waals surface area contributed by atoms with Gasteiger partial charge in [0.1, 0.15) is 0 Å². The third-order valence-corrected chi connectivity index (χ3v) is 2.66. The summed E-state index contributed by atoms with van der Waals surface area (Å²) in [6.45, 7) is 4.07. The maximum absolute atomic E-state index is 11.3. The fourth-order valence-corrected chi connectivity index (χ4v) is 1.73. The Morgan fingerprint density at radius 1 is 1.33 bits per heavy atom. The van der Waals surface area contributed by atoms with E-state index in [0.717, 1.165) is 0 Å². The van der Waals surface area contributed by atoms with Crippen molar-refractivity contribution in [3.63, 3.8) is 0 Å². The van der Waals surface area contributed by atoms with Crippen LogP contribution in [0.2, 0.25) is 0 Å². The smallest absolute Gasteiger partial charge is 0.333 e. The Kier molecular flexibility index (Phi) is 5.16. The van der Waals surface area contributed by atoms with Crippen molar-refractivity contribution in [1.29, 1.82) is 0 Å². The molecule has 1 aliphatic carbocycles. The molecule has 0 atom stereocenters. The van der Waals surface area contributed by atoms with Crippen molar-refractivity contribution in [1.82, 2.24) is 0 Å². The summed E-state index contributed by atoms with van der Waals surface area (Å²) < 4.78 is 4.91. The van der Waals surface area contributed by atoms with Gasteiger partial charge in [-0.1, -0.05) is 24.1 Å². The Morgan fingerprint density at radius 2 is 2.00 bits per heavy atom. The van der Waals surface area contributed by atoms with Crippen LogP contribution >= 0.6 is 0 Å². The molecule has 0 heterocycles. The van der Waals surface area contributed by atoms with Crippen molar-refractivity contribution >= 4 is 5.97 Å². The van der Waals surface area contributed by atoms with E-state index in [1.165, 1.54) is 37.7 Å². The van der Waals surface area contributed by atoms with Gasteiger partial charge in [-0.25, -0.2) is 4.79 Å². The van der Waals surface area contributed by atoms with Crippen LogP contribution in [-0.4, -0.2) is 12.6 Å². The summed E-state index contributed by atoms with van der Waals surface area (Å²) >= 11 is 0. The quantitative estimate of drug-likeness (QED) is 0.525. The molecule has 0 bridgehead atoms. The largest absolute Gasteiger partial charge is 0.463 e. The molecule has 0 N–H and O–H groups in total. The molecule has 1 saturated carbocycles.